The standard InChI is InChI=1S/C14H13BrO3/c1-3-17-10-4-5-12(13(15)8-10)14(16)11-6-7-18-9(11)2/h4-8H,3H2,1-2H3. The van der Waals surface area contributed by atoms with Gasteiger partial charge in [0.25, 0.3) is 0 Å². The Morgan fingerprint density at radius 2 is 2.11 bits per heavy atom. The highest BCUT2D eigenvalue weighted by Crippen LogP contribution is 2.26. The van der Waals surface area contributed by atoms with Crippen LogP contribution in [0.3, 0.4) is 0 Å². The molecule has 0 saturated heterocycles. The highest BCUT2D eigenvalue weighted by Gasteiger charge is 2.16. The SMILES string of the molecule is CCOc1ccc(C(=O)c2ccoc2C)c(Br)c1. The van der Waals surface area contributed by atoms with Crippen LogP contribution in [-0.4, -0.2) is 12.4 Å². The van der Waals surface area contributed by atoms with Crippen molar-refractivity contribution in [2.24, 2.45) is 0 Å². The summed E-state index contributed by atoms with van der Waals surface area (Å²) in [6.45, 7) is 4.29. The van der Waals surface area contributed by atoms with Crippen LogP contribution in [0.4, 0.5) is 0 Å². The number of ether oxygens (including phenoxy) is 1. The largest absolute Gasteiger partial charge is 0.494 e. The maximum absolute atomic E-state index is 12.3. The zero-order chi connectivity index (χ0) is 13.1. The van der Waals surface area contributed by atoms with Crippen molar-refractivity contribution in [2.75, 3.05) is 6.61 Å². The van der Waals surface area contributed by atoms with Gasteiger partial charge in [-0.1, -0.05) is 0 Å². The molecular weight excluding hydrogens is 296 g/mol. The molecule has 1 aromatic heterocycles. The topological polar surface area (TPSA) is 39.4 Å². The third-order valence-corrected chi connectivity index (χ3v) is 3.26. The van der Waals surface area contributed by atoms with Gasteiger partial charge in [-0.3, -0.25) is 4.79 Å². The molecule has 0 spiro atoms. The van der Waals surface area contributed by atoms with Crippen molar-refractivity contribution < 1.29 is 13.9 Å². The van der Waals surface area contributed by atoms with Crippen molar-refractivity contribution in [2.45, 2.75) is 13.8 Å². The number of ketones is 1. The number of hydrogen-bond acceptors (Lipinski definition) is 3. The van der Waals surface area contributed by atoms with Gasteiger partial charge in [0.1, 0.15) is 11.5 Å². The van der Waals surface area contributed by atoms with E-state index in [-0.39, 0.29) is 5.78 Å². The van der Waals surface area contributed by atoms with Crippen molar-refractivity contribution in [1.29, 1.82) is 0 Å². The molecule has 0 aliphatic heterocycles. The van der Waals surface area contributed by atoms with Gasteiger partial charge in [-0.15, -0.1) is 0 Å². The molecule has 0 bridgehead atoms. The monoisotopic (exact) mass is 308 g/mol. The summed E-state index contributed by atoms with van der Waals surface area (Å²) in [5.41, 5.74) is 1.18. The number of carbonyl (C=O) groups excluding carboxylic acids is 1. The Hall–Kier alpha value is -1.55. The van der Waals surface area contributed by atoms with Crippen molar-refractivity contribution >= 4 is 21.7 Å². The highest BCUT2D eigenvalue weighted by molar-refractivity contribution is 9.10. The summed E-state index contributed by atoms with van der Waals surface area (Å²) >= 11 is 3.40. The van der Waals surface area contributed by atoms with Crippen molar-refractivity contribution in [3.63, 3.8) is 0 Å². The lowest BCUT2D eigenvalue weighted by molar-refractivity contribution is 0.103. The van der Waals surface area contributed by atoms with Gasteiger partial charge in [-0.2, -0.15) is 0 Å². The van der Waals surface area contributed by atoms with Crippen LogP contribution in [0.1, 0.15) is 28.6 Å². The molecule has 0 aliphatic rings. The van der Waals surface area contributed by atoms with Crippen LogP contribution < -0.4 is 4.74 Å². The van der Waals surface area contributed by atoms with Gasteiger partial charge in [0.05, 0.1) is 18.4 Å². The van der Waals surface area contributed by atoms with Crippen LogP contribution >= 0.6 is 15.9 Å². The van der Waals surface area contributed by atoms with Crippen LogP contribution in [0.25, 0.3) is 0 Å². The Labute approximate surface area is 114 Å². The molecule has 2 aromatic rings. The maximum atomic E-state index is 12.3. The van der Waals surface area contributed by atoms with Crippen LogP contribution in [0, 0.1) is 6.92 Å². The van der Waals surface area contributed by atoms with E-state index in [1.165, 1.54) is 6.26 Å². The van der Waals surface area contributed by atoms with Crippen LogP contribution in [0.2, 0.25) is 0 Å². The van der Waals surface area contributed by atoms with Gasteiger partial charge >= 0.3 is 0 Å². The number of furan rings is 1. The molecule has 1 aromatic carbocycles. The van der Waals surface area contributed by atoms with Crippen LogP contribution in [0.15, 0.2) is 39.4 Å². The van der Waals surface area contributed by atoms with Gasteiger partial charge in [-0.25, -0.2) is 0 Å². The molecule has 18 heavy (non-hydrogen) atoms. The smallest absolute Gasteiger partial charge is 0.197 e. The van der Waals surface area contributed by atoms with Gasteiger partial charge < -0.3 is 9.15 Å². The molecule has 3 nitrogen and oxygen atoms in total. The summed E-state index contributed by atoms with van der Waals surface area (Å²) < 4.78 is 11.2. The average molecular weight is 309 g/mol. The summed E-state index contributed by atoms with van der Waals surface area (Å²) in [7, 11) is 0. The molecule has 0 aliphatic carbocycles. The highest BCUT2D eigenvalue weighted by atomic mass is 79.9. The lowest BCUT2D eigenvalue weighted by Gasteiger charge is -2.07. The molecule has 1 heterocycles. The van der Waals surface area contributed by atoms with Gasteiger partial charge in [0, 0.05) is 10.0 Å². The molecule has 0 radical (unpaired) electrons. The minimum Gasteiger partial charge on any atom is -0.494 e. The Bertz CT molecular complexity index is 572. The summed E-state index contributed by atoms with van der Waals surface area (Å²) in [4.78, 5) is 12.3. The first-order valence-electron chi connectivity index (χ1n) is 5.64. The second-order valence-electron chi connectivity index (χ2n) is 3.79. The van der Waals surface area contributed by atoms with E-state index in [1.54, 1.807) is 31.2 Å². The van der Waals surface area contributed by atoms with E-state index in [0.29, 0.717) is 23.5 Å². The third-order valence-electron chi connectivity index (χ3n) is 2.60. The second-order valence-corrected chi connectivity index (χ2v) is 4.65. The quantitative estimate of drug-likeness (QED) is 0.802. The molecule has 2 rings (SSSR count). The molecule has 94 valence electrons. The first-order valence-corrected chi connectivity index (χ1v) is 6.44. The molecule has 0 unspecified atom stereocenters. The zero-order valence-corrected chi connectivity index (χ0v) is 11.8. The molecule has 0 fully saturated rings. The van der Waals surface area contributed by atoms with Gasteiger partial charge in [-0.05, 0) is 54.0 Å². The first-order chi connectivity index (χ1) is 8.63. The molecule has 0 saturated carbocycles. The second kappa shape index (κ2) is 5.40. The summed E-state index contributed by atoms with van der Waals surface area (Å²) in [5.74, 6) is 1.31. The third kappa shape index (κ3) is 2.48. The van der Waals surface area contributed by atoms with E-state index in [1.807, 2.05) is 6.92 Å². The summed E-state index contributed by atoms with van der Waals surface area (Å²) in [6, 6.07) is 7.02. The zero-order valence-electron chi connectivity index (χ0n) is 10.2. The first kappa shape index (κ1) is 12.9. The lowest BCUT2D eigenvalue weighted by atomic mass is 10.0. The Morgan fingerprint density at radius 3 is 2.67 bits per heavy atom. The van der Waals surface area contributed by atoms with E-state index in [0.717, 1.165) is 10.2 Å². The number of hydrogen-bond donors (Lipinski definition) is 0. The van der Waals surface area contributed by atoms with Gasteiger partial charge in [0.15, 0.2) is 5.78 Å². The lowest BCUT2D eigenvalue weighted by Crippen LogP contribution is -2.03. The molecular formula is C14H13BrO3. The summed E-state index contributed by atoms with van der Waals surface area (Å²) in [5, 5.41) is 0. The minimum atomic E-state index is -0.0591. The van der Waals surface area contributed by atoms with Crippen molar-refractivity contribution in [3.8, 4) is 5.75 Å². The predicted molar refractivity (Wildman–Crippen MR) is 72.2 cm³/mol. The molecule has 4 heteroatoms. The number of carbonyl (C=O) groups is 1. The number of halogens is 1. The number of benzene rings is 1. The fraction of sp³-hybridized carbons (Fsp3) is 0.214. The maximum Gasteiger partial charge on any atom is 0.197 e. The molecule has 0 amide bonds. The van der Waals surface area contributed by atoms with E-state index in [9.17, 15) is 4.79 Å². The van der Waals surface area contributed by atoms with E-state index in [4.69, 9.17) is 9.15 Å². The summed E-state index contributed by atoms with van der Waals surface area (Å²) in [6.07, 6.45) is 1.52. The Kier molecular flexibility index (Phi) is 3.87. The number of aryl methyl sites for hydroxylation is 1. The van der Waals surface area contributed by atoms with Gasteiger partial charge in [0.2, 0.25) is 0 Å². The minimum absolute atomic E-state index is 0.0591. The van der Waals surface area contributed by atoms with Crippen molar-refractivity contribution in [1.82, 2.24) is 0 Å². The number of rotatable bonds is 4. The van der Waals surface area contributed by atoms with E-state index in [2.05, 4.69) is 15.9 Å². The fourth-order valence-electron chi connectivity index (χ4n) is 1.70. The van der Waals surface area contributed by atoms with E-state index >= 15 is 0 Å². The fourth-order valence-corrected chi connectivity index (χ4v) is 2.24. The Balaban J connectivity index is 2.34. The normalized spacial score (nSPS) is 10.4. The van der Waals surface area contributed by atoms with Crippen LogP contribution in [0.5, 0.6) is 5.75 Å². The average Bonchev–Trinajstić information content (AvgIpc) is 2.75. The van der Waals surface area contributed by atoms with E-state index < -0.39 is 0 Å². The Morgan fingerprint density at radius 1 is 1.33 bits per heavy atom. The molecule has 0 N–H and O–H groups in total. The van der Waals surface area contributed by atoms with Crippen molar-refractivity contribution in [3.05, 3.63) is 51.9 Å². The van der Waals surface area contributed by atoms with Crippen LogP contribution in [-0.2, 0) is 0 Å². The predicted octanol–water partition coefficient (Wildman–Crippen LogP) is 3.98. The molecule has 0 atom stereocenters.